The Morgan fingerprint density at radius 2 is 1.10 bits per heavy atom. The van der Waals surface area contributed by atoms with Gasteiger partial charge in [-0.05, 0) is 46.5 Å². The number of benzene rings is 4. The van der Waals surface area contributed by atoms with E-state index in [9.17, 15) is 32.3 Å². The average Bonchev–Trinajstić information content (AvgIpc) is 3.09. The van der Waals surface area contributed by atoms with E-state index in [1.807, 2.05) is 18.2 Å². The number of hydrogen-bond acceptors (Lipinski definition) is 5. The first-order chi connectivity index (χ1) is 23.4. The molecule has 4 rings (SSSR count). The molecular formula is C36H35F3N4O6. The number of carbonyl (C=O) groups is 4. The highest BCUT2D eigenvalue weighted by Gasteiger charge is 2.29. The molecule has 0 aromatic heterocycles. The summed E-state index contributed by atoms with van der Waals surface area (Å²) >= 11 is 0. The van der Waals surface area contributed by atoms with E-state index in [1.54, 1.807) is 66.7 Å². The van der Waals surface area contributed by atoms with Crippen LogP contribution in [-0.4, -0.2) is 53.8 Å². The van der Waals surface area contributed by atoms with Gasteiger partial charge in [0.1, 0.15) is 17.8 Å². The van der Waals surface area contributed by atoms with Crippen LogP contribution in [0.4, 0.5) is 18.0 Å². The van der Waals surface area contributed by atoms with Crippen molar-refractivity contribution in [2.24, 2.45) is 0 Å². The lowest BCUT2D eigenvalue weighted by Gasteiger charge is -2.24. The zero-order valence-corrected chi connectivity index (χ0v) is 26.2. The first-order valence-electron chi connectivity index (χ1n) is 15.3. The number of hydrogen-bond donors (Lipinski definition) is 5. The predicted octanol–water partition coefficient (Wildman–Crippen LogP) is 4.78. The standard InChI is InChI=1S/C36H35F3N4O6/c37-36(38,39)23-49-29-17-15-25(16-18-29)20-31(42-32(44)28-9-5-2-6-10-28)34(46)43-30(19-24-7-3-1-4-8-24)33(45)40-21-26-11-13-27(14-12-26)22-41-35(47)48/h1-18,30-31,41H,19-23H2,(H,40,45)(H,42,44)(H,43,46)(H,47,48)/t30-,31-/m0/s1. The summed E-state index contributed by atoms with van der Waals surface area (Å²) in [5.41, 5.74) is 3.09. The molecule has 0 radical (unpaired) electrons. The second-order valence-electron chi connectivity index (χ2n) is 11.1. The lowest BCUT2D eigenvalue weighted by molar-refractivity contribution is -0.153. The summed E-state index contributed by atoms with van der Waals surface area (Å²) in [4.78, 5) is 51.2. The van der Waals surface area contributed by atoms with Gasteiger partial charge in [-0.25, -0.2) is 4.79 Å². The van der Waals surface area contributed by atoms with Crippen molar-refractivity contribution >= 4 is 23.8 Å². The van der Waals surface area contributed by atoms with Gasteiger partial charge in [-0.1, -0.05) is 84.9 Å². The quantitative estimate of drug-likeness (QED) is 0.123. The molecule has 0 bridgehead atoms. The smallest absolute Gasteiger partial charge is 0.422 e. The molecule has 49 heavy (non-hydrogen) atoms. The van der Waals surface area contributed by atoms with Crippen LogP contribution in [0.25, 0.3) is 0 Å². The summed E-state index contributed by atoms with van der Waals surface area (Å²) in [6.45, 7) is -1.19. The van der Waals surface area contributed by atoms with Gasteiger partial charge in [0.25, 0.3) is 5.91 Å². The molecule has 10 nitrogen and oxygen atoms in total. The maximum Gasteiger partial charge on any atom is 0.422 e. The second kappa shape index (κ2) is 17.3. The molecule has 0 saturated heterocycles. The second-order valence-corrected chi connectivity index (χ2v) is 11.1. The molecule has 0 aliphatic heterocycles. The van der Waals surface area contributed by atoms with Crippen molar-refractivity contribution in [3.05, 3.63) is 137 Å². The molecule has 13 heteroatoms. The van der Waals surface area contributed by atoms with E-state index < -0.39 is 48.7 Å². The van der Waals surface area contributed by atoms with Crippen LogP contribution in [0.15, 0.2) is 109 Å². The molecule has 4 aromatic carbocycles. The average molecular weight is 677 g/mol. The van der Waals surface area contributed by atoms with Crippen LogP contribution in [0.5, 0.6) is 5.75 Å². The fraction of sp³-hybridized carbons (Fsp3) is 0.222. The van der Waals surface area contributed by atoms with Crippen LogP contribution in [0, 0.1) is 0 Å². The topological polar surface area (TPSA) is 146 Å². The summed E-state index contributed by atoms with van der Waals surface area (Å²) in [6, 6.07) is 27.7. The van der Waals surface area contributed by atoms with Gasteiger partial charge in [0, 0.05) is 31.5 Å². The molecule has 0 fully saturated rings. The number of alkyl halides is 3. The van der Waals surface area contributed by atoms with Crippen molar-refractivity contribution in [1.82, 2.24) is 21.3 Å². The summed E-state index contributed by atoms with van der Waals surface area (Å²) in [6.07, 6.45) is -5.54. The Balaban J connectivity index is 1.50. The maximum atomic E-state index is 13.8. The van der Waals surface area contributed by atoms with E-state index in [4.69, 9.17) is 9.84 Å². The lowest BCUT2D eigenvalue weighted by atomic mass is 10.0. The molecule has 4 aromatic rings. The first-order valence-corrected chi connectivity index (χ1v) is 15.3. The van der Waals surface area contributed by atoms with Gasteiger partial charge in [-0.2, -0.15) is 13.2 Å². The largest absolute Gasteiger partial charge is 0.484 e. The number of rotatable bonds is 15. The highest BCUT2D eigenvalue weighted by atomic mass is 19.4. The van der Waals surface area contributed by atoms with Crippen molar-refractivity contribution in [2.75, 3.05) is 6.61 Å². The summed E-state index contributed by atoms with van der Waals surface area (Å²) in [7, 11) is 0. The third-order valence-corrected chi connectivity index (χ3v) is 7.27. The molecule has 0 aliphatic carbocycles. The number of carboxylic acid groups (broad SMARTS) is 1. The SMILES string of the molecule is O=C(O)NCc1ccc(CNC(=O)[C@H](Cc2ccccc2)NC(=O)[C@H](Cc2ccc(OCC(F)(F)F)cc2)NC(=O)c2ccccc2)cc1. The van der Waals surface area contributed by atoms with Crippen LogP contribution in [0.2, 0.25) is 0 Å². The molecule has 256 valence electrons. The lowest BCUT2D eigenvalue weighted by Crippen LogP contribution is -2.55. The van der Waals surface area contributed by atoms with Crippen LogP contribution in [0.3, 0.4) is 0 Å². The van der Waals surface area contributed by atoms with E-state index in [0.29, 0.717) is 11.1 Å². The van der Waals surface area contributed by atoms with Gasteiger partial charge in [0.2, 0.25) is 11.8 Å². The van der Waals surface area contributed by atoms with Crippen molar-refractivity contribution < 1.29 is 42.2 Å². The van der Waals surface area contributed by atoms with Crippen molar-refractivity contribution in [3.8, 4) is 5.75 Å². The minimum absolute atomic E-state index is 0.0124. The monoisotopic (exact) mass is 676 g/mol. The Kier molecular flexibility index (Phi) is 12.7. The number of halogens is 3. The maximum absolute atomic E-state index is 13.8. The van der Waals surface area contributed by atoms with Gasteiger partial charge >= 0.3 is 12.3 Å². The van der Waals surface area contributed by atoms with Gasteiger partial charge < -0.3 is 31.1 Å². The molecule has 0 spiro atoms. The van der Waals surface area contributed by atoms with E-state index in [0.717, 1.165) is 16.7 Å². The zero-order chi connectivity index (χ0) is 35.2. The first kappa shape index (κ1) is 36.0. The minimum Gasteiger partial charge on any atom is -0.484 e. The Bertz CT molecular complexity index is 1690. The Labute approximate surface area is 280 Å². The number of carbonyl (C=O) groups excluding carboxylic acids is 3. The van der Waals surface area contributed by atoms with Crippen LogP contribution < -0.4 is 26.0 Å². The molecule has 4 amide bonds. The van der Waals surface area contributed by atoms with E-state index in [2.05, 4.69) is 21.3 Å². The van der Waals surface area contributed by atoms with Crippen molar-refractivity contribution in [3.63, 3.8) is 0 Å². The molecule has 0 aliphatic rings. The van der Waals surface area contributed by atoms with Crippen LogP contribution >= 0.6 is 0 Å². The van der Waals surface area contributed by atoms with Crippen LogP contribution in [-0.2, 0) is 35.5 Å². The molecule has 0 heterocycles. The fourth-order valence-corrected chi connectivity index (χ4v) is 4.76. The third kappa shape index (κ3) is 12.4. The van der Waals surface area contributed by atoms with Crippen molar-refractivity contribution in [1.29, 1.82) is 0 Å². The molecule has 2 atom stereocenters. The van der Waals surface area contributed by atoms with Gasteiger partial charge in [0.05, 0.1) is 0 Å². The Hall–Kier alpha value is -5.85. The highest BCUT2D eigenvalue weighted by molar-refractivity contribution is 5.98. The zero-order valence-electron chi connectivity index (χ0n) is 26.2. The van der Waals surface area contributed by atoms with Crippen molar-refractivity contribution in [2.45, 2.75) is 44.2 Å². The minimum atomic E-state index is -4.50. The molecule has 0 saturated carbocycles. The van der Waals surface area contributed by atoms with E-state index in [1.165, 1.54) is 24.3 Å². The van der Waals surface area contributed by atoms with Crippen LogP contribution in [0.1, 0.15) is 32.6 Å². The normalized spacial score (nSPS) is 12.2. The predicted molar refractivity (Wildman–Crippen MR) is 175 cm³/mol. The number of nitrogens with one attached hydrogen (secondary N) is 4. The summed E-state index contributed by atoms with van der Waals surface area (Å²) in [5, 5.41) is 19.4. The Morgan fingerprint density at radius 3 is 1.65 bits per heavy atom. The fourth-order valence-electron chi connectivity index (χ4n) is 4.76. The molecular weight excluding hydrogens is 641 g/mol. The molecule has 0 unspecified atom stereocenters. The Morgan fingerprint density at radius 1 is 0.612 bits per heavy atom. The number of ether oxygens (including phenoxy) is 1. The van der Waals surface area contributed by atoms with Gasteiger partial charge in [0.15, 0.2) is 6.61 Å². The summed E-state index contributed by atoms with van der Waals surface area (Å²) in [5.74, 6) is -1.67. The number of amides is 4. The van der Waals surface area contributed by atoms with E-state index >= 15 is 0 Å². The third-order valence-electron chi connectivity index (χ3n) is 7.27. The van der Waals surface area contributed by atoms with Gasteiger partial charge in [-0.15, -0.1) is 0 Å². The van der Waals surface area contributed by atoms with E-state index in [-0.39, 0.29) is 31.7 Å². The van der Waals surface area contributed by atoms with Gasteiger partial charge in [-0.3, -0.25) is 14.4 Å². The summed E-state index contributed by atoms with van der Waals surface area (Å²) < 4.78 is 42.5. The molecule has 5 N–H and O–H groups in total. The highest BCUT2D eigenvalue weighted by Crippen LogP contribution is 2.19.